The zero-order valence-corrected chi connectivity index (χ0v) is 11.9. The molecule has 2 aromatic heterocycles. The number of aryl methyl sites for hydroxylation is 1. The van der Waals surface area contributed by atoms with Crippen molar-refractivity contribution < 1.29 is 4.52 Å². The van der Waals surface area contributed by atoms with Gasteiger partial charge in [-0.05, 0) is 38.8 Å². The van der Waals surface area contributed by atoms with Crippen LogP contribution in [-0.4, -0.2) is 20.7 Å². The van der Waals surface area contributed by atoms with E-state index in [1.54, 1.807) is 6.20 Å². The van der Waals surface area contributed by atoms with E-state index in [2.05, 4.69) is 48.1 Å². The Morgan fingerprint density at radius 3 is 2.79 bits per heavy atom. The molecule has 0 saturated carbocycles. The maximum absolute atomic E-state index is 5.25. The van der Waals surface area contributed by atoms with Gasteiger partial charge in [0.25, 0.3) is 0 Å². The number of nitrogens with one attached hydrogen (secondary N) is 1. The van der Waals surface area contributed by atoms with Crippen LogP contribution < -0.4 is 5.32 Å². The highest BCUT2D eigenvalue weighted by Gasteiger charge is 2.15. The molecule has 1 N–H and O–H groups in total. The first kappa shape index (κ1) is 13.7. The van der Waals surface area contributed by atoms with E-state index < -0.39 is 0 Å². The highest BCUT2D eigenvalue weighted by molar-refractivity contribution is 5.53. The second-order valence-electron chi connectivity index (χ2n) is 5.48. The predicted molar refractivity (Wildman–Crippen MR) is 73.5 cm³/mol. The second-order valence-corrected chi connectivity index (χ2v) is 5.48. The number of hydrogen-bond donors (Lipinski definition) is 1. The minimum absolute atomic E-state index is 0.0220. The summed E-state index contributed by atoms with van der Waals surface area (Å²) in [5.74, 6) is 1.14. The maximum Gasteiger partial charge on any atom is 0.240 e. The van der Waals surface area contributed by atoms with Gasteiger partial charge in [0.05, 0.1) is 6.54 Å². The Balaban J connectivity index is 2.17. The van der Waals surface area contributed by atoms with E-state index in [1.165, 1.54) is 0 Å². The fraction of sp³-hybridized carbons (Fsp3) is 0.500. The average molecular weight is 260 g/mol. The third-order valence-electron chi connectivity index (χ3n) is 2.72. The van der Waals surface area contributed by atoms with Gasteiger partial charge in [0.2, 0.25) is 11.7 Å². The van der Waals surface area contributed by atoms with Crippen LogP contribution >= 0.6 is 0 Å². The Kier molecular flexibility index (Phi) is 3.95. The van der Waals surface area contributed by atoms with Crippen molar-refractivity contribution in [3.63, 3.8) is 0 Å². The lowest BCUT2D eigenvalue weighted by molar-refractivity contribution is 0.336. The zero-order chi connectivity index (χ0) is 13.9. The van der Waals surface area contributed by atoms with Gasteiger partial charge in [-0.2, -0.15) is 4.98 Å². The van der Waals surface area contributed by atoms with Crippen molar-refractivity contribution in [2.45, 2.75) is 46.2 Å². The summed E-state index contributed by atoms with van der Waals surface area (Å²) in [4.78, 5) is 8.73. The second kappa shape index (κ2) is 5.48. The van der Waals surface area contributed by atoms with Crippen molar-refractivity contribution in [2.75, 3.05) is 0 Å². The van der Waals surface area contributed by atoms with Gasteiger partial charge in [-0.15, -0.1) is 0 Å². The molecule has 0 unspecified atom stereocenters. The molecule has 2 rings (SSSR count). The summed E-state index contributed by atoms with van der Waals surface area (Å²) in [6, 6.07) is 3.95. The largest absolute Gasteiger partial charge is 0.337 e. The highest BCUT2D eigenvalue weighted by Crippen LogP contribution is 2.18. The van der Waals surface area contributed by atoms with Gasteiger partial charge in [0.1, 0.15) is 5.69 Å². The van der Waals surface area contributed by atoms with Crippen molar-refractivity contribution in [3.8, 4) is 11.5 Å². The molecule has 0 spiro atoms. The van der Waals surface area contributed by atoms with E-state index in [0.29, 0.717) is 18.3 Å². The number of pyridine rings is 1. The topological polar surface area (TPSA) is 63.8 Å². The maximum atomic E-state index is 5.25. The average Bonchev–Trinajstić information content (AvgIpc) is 2.84. The highest BCUT2D eigenvalue weighted by atomic mass is 16.5. The summed E-state index contributed by atoms with van der Waals surface area (Å²) < 4.78 is 5.25. The Hall–Kier alpha value is -1.75. The lowest BCUT2D eigenvalue weighted by Gasteiger charge is -2.18. The van der Waals surface area contributed by atoms with Gasteiger partial charge in [0.15, 0.2) is 0 Å². The van der Waals surface area contributed by atoms with Crippen molar-refractivity contribution >= 4 is 0 Å². The number of hydrogen-bond acceptors (Lipinski definition) is 5. The van der Waals surface area contributed by atoms with Crippen LogP contribution in [0.1, 0.15) is 39.1 Å². The van der Waals surface area contributed by atoms with Crippen LogP contribution in [0.5, 0.6) is 0 Å². The molecule has 0 aliphatic rings. The fourth-order valence-corrected chi connectivity index (χ4v) is 1.69. The number of rotatable bonds is 4. The standard InChI is InChI=1S/C14H20N4O/c1-5-10-7-6-8-15-12(10)13-17-11(19-18-13)9-16-14(2,3)4/h6-8,16H,5,9H2,1-4H3. The van der Waals surface area contributed by atoms with Gasteiger partial charge in [-0.3, -0.25) is 4.98 Å². The van der Waals surface area contributed by atoms with E-state index >= 15 is 0 Å². The molecule has 0 bridgehead atoms. The predicted octanol–water partition coefficient (Wildman–Crippen LogP) is 2.58. The molecule has 0 aliphatic heterocycles. The summed E-state index contributed by atoms with van der Waals surface area (Å²) in [5.41, 5.74) is 1.95. The fourth-order valence-electron chi connectivity index (χ4n) is 1.69. The van der Waals surface area contributed by atoms with Crippen LogP contribution in [0.3, 0.4) is 0 Å². The molecular weight excluding hydrogens is 240 g/mol. The molecule has 102 valence electrons. The van der Waals surface area contributed by atoms with Crippen LogP contribution in [0.4, 0.5) is 0 Å². The lowest BCUT2D eigenvalue weighted by atomic mass is 10.1. The monoisotopic (exact) mass is 260 g/mol. The summed E-state index contributed by atoms with van der Waals surface area (Å²) in [5, 5.41) is 7.32. The third kappa shape index (κ3) is 3.61. The molecule has 0 aliphatic carbocycles. The molecule has 5 heteroatoms. The van der Waals surface area contributed by atoms with Gasteiger partial charge in [-0.25, -0.2) is 0 Å². The van der Waals surface area contributed by atoms with Crippen LogP contribution in [-0.2, 0) is 13.0 Å². The zero-order valence-electron chi connectivity index (χ0n) is 11.9. The molecule has 5 nitrogen and oxygen atoms in total. The molecular formula is C14H20N4O. The van der Waals surface area contributed by atoms with Gasteiger partial charge >= 0.3 is 0 Å². The van der Waals surface area contributed by atoms with Gasteiger partial charge < -0.3 is 9.84 Å². The molecule has 2 aromatic rings. The summed E-state index contributed by atoms with van der Waals surface area (Å²) in [6.07, 6.45) is 2.64. The van der Waals surface area contributed by atoms with Crippen molar-refractivity contribution in [1.29, 1.82) is 0 Å². The van der Waals surface area contributed by atoms with Gasteiger partial charge in [-0.1, -0.05) is 18.1 Å². The van der Waals surface area contributed by atoms with Crippen LogP contribution in [0, 0.1) is 0 Å². The molecule has 0 aromatic carbocycles. The molecule has 0 atom stereocenters. The van der Waals surface area contributed by atoms with E-state index in [9.17, 15) is 0 Å². The molecule has 2 heterocycles. The Morgan fingerprint density at radius 2 is 2.11 bits per heavy atom. The smallest absolute Gasteiger partial charge is 0.240 e. The van der Waals surface area contributed by atoms with Crippen LogP contribution in [0.15, 0.2) is 22.9 Å². The summed E-state index contributed by atoms with van der Waals surface area (Å²) in [6.45, 7) is 8.93. The third-order valence-corrected chi connectivity index (χ3v) is 2.72. The quantitative estimate of drug-likeness (QED) is 0.915. The Bertz CT molecular complexity index is 542. The van der Waals surface area contributed by atoms with Crippen molar-refractivity contribution in [2.24, 2.45) is 0 Å². The first-order valence-corrected chi connectivity index (χ1v) is 6.51. The molecule has 0 radical (unpaired) electrons. The number of nitrogens with zero attached hydrogens (tertiary/aromatic N) is 3. The first-order valence-electron chi connectivity index (χ1n) is 6.51. The van der Waals surface area contributed by atoms with E-state index in [0.717, 1.165) is 17.7 Å². The molecule has 19 heavy (non-hydrogen) atoms. The SMILES string of the molecule is CCc1cccnc1-c1noc(CNC(C)(C)C)n1. The van der Waals surface area contributed by atoms with Crippen molar-refractivity contribution in [3.05, 3.63) is 29.8 Å². The Labute approximate surface area is 113 Å². The minimum atomic E-state index is 0.0220. The normalized spacial score (nSPS) is 11.8. The van der Waals surface area contributed by atoms with E-state index in [4.69, 9.17) is 4.52 Å². The van der Waals surface area contributed by atoms with Crippen LogP contribution in [0.25, 0.3) is 11.5 Å². The molecule has 0 fully saturated rings. The van der Waals surface area contributed by atoms with Crippen molar-refractivity contribution in [1.82, 2.24) is 20.4 Å². The Morgan fingerprint density at radius 1 is 1.32 bits per heavy atom. The molecule has 0 amide bonds. The summed E-state index contributed by atoms with van der Waals surface area (Å²) in [7, 11) is 0. The molecule has 0 saturated heterocycles. The van der Waals surface area contributed by atoms with E-state index in [-0.39, 0.29) is 5.54 Å². The lowest BCUT2D eigenvalue weighted by Crippen LogP contribution is -2.35. The number of aromatic nitrogens is 3. The van der Waals surface area contributed by atoms with Crippen LogP contribution in [0.2, 0.25) is 0 Å². The van der Waals surface area contributed by atoms with Gasteiger partial charge in [0, 0.05) is 11.7 Å². The summed E-state index contributed by atoms with van der Waals surface area (Å²) >= 11 is 0. The minimum Gasteiger partial charge on any atom is -0.337 e. The first-order chi connectivity index (χ1) is 8.99. The van der Waals surface area contributed by atoms with E-state index in [1.807, 2.05) is 12.1 Å².